The zero-order chi connectivity index (χ0) is 17.3. The number of β-lactam (4-membered cyclic amide) rings is 1. The van der Waals surface area contributed by atoms with Gasteiger partial charge in [-0.1, -0.05) is 12.1 Å². The fourth-order valence-electron chi connectivity index (χ4n) is 2.91. The highest BCUT2D eigenvalue weighted by Gasteiger charge is 2.53. The van der Waals surface area contributed by atoms with Crippen molar-refractivity contribution in [2.75, 3.05) is 7.11 Å². The van der Waals surface area contributed by atoms with E-state index < -0.39 is 12.1 Å². The molecule has 1 aliphatic heterocycles. The number of hydrogen-bond acceptors (Lipinski definition) is 6. The van der Waals surface area contributed by atoms with Crippen LogP contribution in [0.15, 0.2) is 36.0 Å². The average molecular weight is 346 g/mol. The quantitative estimate of drug-likeness (QED) is 0.615. The molecule has 1 amide bonds. The monoisotopic (exact) mass is 346 g/mol. The van der Waals surface area contributed by atoms with Crippen LogP contribution in [0.2, 0.25) is 0 Å². The molecule has 24 heavy (non-hydrogen) atoms. The molecular formula is C17H18N2O4S. The average Bonchev–Trinajstić information content (AvgIpc) is 3.10. The molecule has 2 heterocycles. The lowest BCUT2D eigenvalue weighted by atomic mass is 9.91. The van der Waals surface area contributed by atoms with E-state index in [2.05, 4.69) is 4.98 Å². The molecule has 1 saturated heterocycles. The van der Waals surface area contributed by atoms with Gasteiger partial charge in [-0.15, -0.1) is 11.3 Å². The summed E-state index contributed by atoms with van der Waals surface area (Å²) >= 11 is 1.45. The molecule has 0 bridgehead atoms. The van der Waals surface area contributed by atoms with Crippen LogP contribution in [0, 0.1) is 0 Å². The molecule has 126 valence electrons. The highest BCUT2D eigenvalue weighted by Crippen LogP contribution is 2.44. The number of hydrogen-bond donors (Lipinski definition) is 0. The van der Waals surface area contributed by atoms with Crippen molar-refractivity contribution >= 4 is 23.2 Å². The van der Waals surface area contributed by atoms with Gasteiger partial charge in [-0.05, 0) is 24.6 Å². The van der Waals surface area contributed by atoms with Gasteiger partial charge in [-0.25, -0.2) is 0 Å². The maximum absolute atomic E-state index is 12.5. The van der Waals surface area contributed by atoms with Gasteiger partial charge in [0.1, 0.15) is 11.8 Å². The van der Waals surface area contributed by atoms with Crippen LogP contribution in [-0.4, -0.2) is 35.0 Å². The summed E-state index contributed by atoms with van der Waals surface area (Å²) in [6.45, 7) is 3.27. The number of thiazole rings is 1. The van der Waals surface area contributed by atoms with Crippen LogP contribution < -0.4 is 4.74 Å². The first kappa shape index (κ1) is 16.4. The van der Waals surface area contributed by atoms with Gasteiger partial charge in [0.2, 0.25) is 6.10 Å². The first-order valence-electron chi connectivity index (χ1n) is 7.54. The van der Waals surface area contributed by atoms with Crippen LogP contribution in [-0.2, 0) is 14.3 Å². The van der Waals surface area contributed by atoms with E-state index in [-0.39, 0.29) is 18.0 Å². The van der Waals surface area contributed by atoms with E-state index in [1.54, 1.807) is 23.7 Å². The van der Waals surface area contributed by atoms with Gasteiger partial charge in [0.15, 0.2) is 0 Å². The van der Waals surface area contributed by atoms with Crippen molar-refractivity contribution < 1.29 is 19.1 Å². The number of ether oxygens (including phenoxy) is 2. The number of methoxy groups -OCH3 is 1. The molecule has 6 nitrogen and oxygen atoms in total. The first-order chi connectivity index (χ1) is 11.5. The van der Waals surface area contributed by atoms with Gasteiger partial charge < -0.3 is 14.4 Å². The highest BCUT2D eigenvalue weighted by molar-refractivity contribution is 7.09. The molecule has 7 heteroatoms. The third-order valence-corrected chi connectivity index (χ3v) is 4.98. The summed E-state index contributed by atoms with van der Waals surface area (Å²) in [5.74, 6) is 0.115. The molecule has 0 radical (unpaired) electrons. The molecule has 1 aromatic heterocycles. The van der Waals surface area contributed by atoms with Crippen LogP contribution in [0.4, 0.5) is 0 Å². The molecular weight excluding hydrogens is 328 g/mol. The molecule has 3 atom stereocenters. The second-order valence-corrected chi connectivity index (χ2v) is 6.49. The van der Waals surface area contributed by atoms with Crippen molar-refractivity contribution in [3.63, 3.8) is 0 Å². The van der Waals surface area contributed by atoms with Crippen molar-refractivity contribution in [1.82, 2.24) is 9.88 Å². The van der Waals surface area contributed by atoms with E-state index in [0.29, 0.717) is 0 Å². The predicted octanol–water partition coefficient (Wildman–Crippen LogP) is 2.73. The molecule has 2 aromatic rings. The van der Waals surface area contributed by atoms with Gasteiger partial charge in [0.05, 0.1) is 23.5 Å². The fraction of sp³-hybridized carbons (Fsp3) is 0.353. The minimum absolute atomic E-state index is 0.151. The largest absolute Gasteiger partial charge is 0.497 e. The smallest absolute Gasteiger partial charge is 0.303 e. The van der Waals surface area contributed by atoms with E-state index in [1.165, 1.54) is 18.3 Å². The normalized spacial score (nSPS) is 21.1. The van der Waals surface area contributed by atoms with Gasteiger partial charge in [-0.2, -0.15) is 0 Å². The Hall–Kier alpha value is -2.41. The highest BCUT2D eigenvalue weighted by atomic mass is 32.1. The van der Waals surface area contributed by atoms with E-state index in [1.807, 2.05) is 31.2 Å². The Morgan fingerprint density at radius 1 is 1.33 bits per heavy atom. The number of amides is 1. The van der Waals surface area contributed by atoms with E-state index in [4.69, 9.17) is 9.47 Å². The SMILES string of the molecule is COc1ccc(C(C)N2C(=O)C(OC(C)=O)C2c2cncs2)cc1. The second kappa shape index (κ2) is 6.60. The summed E-state index contributed by atoms with van der Waals surface area (Å²) in [6.07, 6.45) is 0.940. The molecule has 1 fully saturated rings. The van der Waals surface area contributed by atoms with Crippen molar-refractivity contribution in [2.24, 2.45) is 0 Å². The molecule has 1 aliphatic rings. The van der Waals surface area contributed by atoms with Crippen LogP contribution in [0.25, 0.3) is 0 Å². The predicted molar refractivity (Wildman–Crippen MR) is 88.7 cm³/mol. The summed E-state index contributed by atoms with van der Waals surface area (Å²) in [6, 6.07) is 7.13. The summed E-state index contributed by atoms with van der Waals surface area (Å²) in [5.41, 5.74) is 2.69. The van der Waals surface area contributed by atoms with E-state index >= 15 is 0 Å². The van der Waals surface area contributed by atoms with Crippen LogP contribution in [0.5, 0.6) is 5.75 Å². The zero-order valence-electron chi connectivity index (χ0n) is 13.6. The molecule has 3 unspecified atom stereocenters. The van der Waals surface area contributed by atoms with E-state index in [9.17, 15) is 9.59 Å². The van der Waals surface area contributed by atoms with Gasteiger partial charge in [0.25, 0.3) is 5.91 Å². The molecule has 0 aliphatic carbocycles. The maximum atomic E-state index is 12.5. The fourth-order valence-corrected chi connectivity index (χ4v) is 3.65. The number of benzene rings is 1. The number of carbonyl (C=O) groups excluding carboxylic acids is 2. The molecule has 0 spiro atoms. The lowest BCUT2D eigenvalue weighted by Crippen LogP contribution is -2.60. The first-order valence-corrected chi connectivity index (χ1v) is 8.42. The van der Waals surface area contributed by atoms with Crippen LogP contribution >= 0.6 is 11.3 Å². The lowest BCUT2D eigenvalue weighted by molar-refractivity contribution is -0.186. The van der Waals surface area contributed by atoms with Crippen molar-refractivity contribution in [2.45, 2.75) is 32.0 Å². The number of nitrogens with zero attached hydrogens (tertiary/aromatic N) is 2. The zero-order valence-corrected chi connectivity index (χ0v) is 14.4. The van der Waals surface area contributed by atoms with Crippen LogP contribution in [0.3, 0.4) is 0 Å². The number of rotatable bonds is 5. The standard InChI is InChI=1S/C17H18N2O4S/c1-10(12-4-6-13(22-3)7-5-12)19-15(14-8-18-9-24-14)16(17(19)21)23-11(2)20/h4-10,15-16H,1-3H3. The van der Waals surface area contributed by atoms with E-state index in [0.717, 1.165) is 16.2 Å². The van der Waals surface area contributed by atoms with Crippen molar-refractivity contribution in [3.05, 3.63) is 46.4 Å². The Labute approximate surface area is 144 Å². The van der Waals surface area contributed by atoms with Crippen molar-refractivity contribution in [1.29, 1.82) is 0 Å². The van der Waals surface area contributed by atoms with Crippen molar-refractivity contribution in [3.8, 4) is 5.75 Å². The third kappa shape index (κ3) is 2.87. The molecule has 1 aromatic carbocycles. The molecule has 0 saturated carbocycles. The minimum atomic E-state index is -0.774. The Kier molecular flexibility index (Phi) is 4.53. The lowest BCUT2D eigenvalue weighted by Gasteiger charge is -2.48. The Morgan fingerprint density at radius 3 is 2.58 bits per heavy atom. The van der Waals surface area contributed by atoms with Gasteiger partial charge in [-0.3, -0.25) is 14.6 Å². The summed E-state index contributed by atoms with van der Waals surface area (Å²) in [7, 11) is 1.61. The number of esters is 1. The second-order valence-electron chi connectivity index (χ2n) is 5.57. The number of carbonyl (C=O) groups is 2. The third-order valence-electron chi connectivity index (χ3n) is 4.14. The molecule has 3 rings (SSSR count). The summed E-state index contributed by atoms with van der Waals surface area (Å²) in [5, 5.41) is 0. The minimum Gasteiger partial charge on any atom is -0.497 e. The maximum Gasteiger partial charge on any atom is 0.303 e. The summed E-state index contributed by atoms with van der Waals surface area (Å²) < 4.78 is 10.4. The Balaban J connectivity index is 1.87. The number of likely N-dealkylation sites (tertiary alicyclic amines) is 1. The van der Waals surface area contributed by atoms with Crippen LogP contribution in [0.1, 0.15) is 36.4 Å². The van der Waals surface area contributed by atoms with Gasteiger partial charge >= 0.3 is 5.97 Å². The van der Waals surface area contributed by atoms with Gasteiger partial charge in [0, 0.05) is 13.1 Å². The molecule has 0 N–H and O–H groups in total. The Bertz CT molecular complexity index is 730. The Morgan fingerprint density at radius 2 is 2.04 bits per heavy atom. The topological polar surface area (TPSA) is 68.7 Å². The number of aromatic nitrogens is 1. The summed E-state index contributed by atoms with van der Waals surface area (Å²) in [4.78, 5) is 30.6.